The van der Waals surface area contributed by atoms with Crippen molar-refractivity contribution in [2.75, 3.05) is 13.2 Å². The molecular weight excluding hydrogens is 210 g/mol. The number of nitrogens with zero attached hydrogens (tertiary/aromatic N) is 1. The number of nitrogens with one attached hydrogen (secondary N) is 2. The van der Waals surface area contributed by atoms with Crippen molar-refractivity contribution in [1.29, 1.82) is 0 Å². The molecule has 1 saturated heterocycles. The number of ether oxygens (including phenoxy) is 1. The van der Waals surface area contributed by atoms with Crippen LogP contribution in [0.5, 0.6) is 0 Å². The average Bonchev–Trinajstić information content (AvgIpc) is 2.31. The Bertz CT molecular complexity index is 321. The third-order valence-electron chi connectivity index (χ3n) is 2.66. The first-order valence-corrected chi connectivity index (χ1v) is 5.50. The Kier molecular flexibility index (Phi) is 3.51. The summed E-state index contributed by atoms with van der Waals surface area (Å²) < 4.78 is 5.26. The highest BCUT2D eigenvalue weighted by atomic mass is 16.5. The predicted molar refractivity (Wildman–Crippen MR) is 56.8 cm³/mol. The van der Waals surface area contributed by atoms with Gasteiger partial charge >= 0.3 is 0 Å². The third-order valence-corrected chi connectivity index (χ3v) is 2.66. The minimum atomic E-state index is -0.199. The highest BCUT2D eigenvalue weighted by Crippen LogP contribution is 2.07. The molecule has 88 valence electrons. The first kappa shape index (κ1) is 11.1. The monoisotopic (exact) mass is 225 g/mol. The molecular formula is C10H15N3O3. The van der Waals surface area contributed by atoms with Crippen LogP contribution in [0.2, 0.25) is 0 Å². The van der Waals surface area contributed by atoms with Gasteiger partial charge in [-0.15, -0.1) is 0 Å². The quantitative estimate of drug-likeness (QED) is 0.668. The van der Waals surface area contributed by atoms with E-state index in [1.165, 1.54) is 0 Å². The Morgan fingerprint density at radius 1 is 1.50 bits per heavy atom. The van der Waals surface area contributed by atoms with Crippen LogP contribution in [0.15, 0.2) is 5.10 Å². The van der Waals surface area contributed by atoms with E-state index in [0.717, 1.165) is 19.4 Å². The summed E-state index contributed by atoms with van der Waals surface area (Å²) in [4.78, 5) is 22.6. The van der Waals surface area contributed by atoms with E-state index in [1.807, 2.05) is 0 Å². The number of hydrogen-bond donors (Lipinski definition) is 2. The normalized spacial score (nSPS) is 25.6. The second kappa shape index (κ2) is 5.07. The molecule has 0 aromatic rings. The molecule has 2 rings (SSSR count). The fourth-order valence-electron chi connectivity index (χ4n) is 1.76. The molecule has 0 bridgehead atoms. The van der Waals surface area contributed by atoms with Crippen LogP contribution in [0.4, 0.5) is 0 Å². The first-order valence-electron chi connectivity index (χ1n) is 5.50. The number of carbonyl (C=O) groups is 2. The van der Waals surface area contributed by atoms with E-state index in [2.05, 4.69) is 15.8 Å². The molecule has 6 heteroatoms. The largest absolute Gasteiger partial charge is 0.379 e. The SMILES string of the molecule is O=C1CCC(C(=O)NC2CCCOC2)=NN1. The minimum Gasteiger partial charge on any atom is -0.379 e. The van der Waals surface area contributed by atoms with Crippen LogP contribution >= 0.6 is 0 Å². The molecule has 0 spiro atoms. The molecule has 0 aliphatic carbocycles. The Morgan fingerprint density at radius 3 is 3.00 bits per heavy atom. The van der Waals surface area contributed by atoms with Gasteiger partial charge in [-0.1, -0.05) is 0 Å². The van der Waals surface area contributed by atoms with Gasteiger partial charge in [0.1, 0.15) is 5.71 Å². The van der Waals surface area contributed by atoms with Crippen LogP contribution in [-0.4, -0.2) is 36.8 Å². The lowest BCUT2D eigenvalue weighted by Gasteiger charge is -2.23. The molecule has 1 atom stereocenters. The van der Waals surface area contributed by atoms with Gasteiger partial charge in [-0.05, 0) is 12.8 Å². The van der Waals surface area contributed by atoms with Crippen molar-refractivity contribution in [3.05, 3.63) is 0 Å². The molecule has 1 fully saturated rings. The van der Waals surface area contributed by atoms with Crippen molar-refractivity contribution in [2.24, 2.45) is 5.10 Å². The van der Waals surface area contributed by atoms with Gasteiger partial charge in [-0.25, -0.2) is 5.43 Å². The van der Waals surface area contributed by atoms with Crippen molar-refractivity contribution in [3.63, 3.8) is 0 Å². The minimum absolute atomic E-state index is 0.0709. The Morgan fingerprint density at radius 2 is 2.38 bits per heavy atom. The molecule has 2 N–H and O–H groups in total. The van der Waals surface area contributed by atoms with Gasteiger partial charge in [0.2, 0.25) is 5.91 Å². The van der Waals surface area contributed by atoms with Gasteiger partial charge in [0, 0.05) is 19.4 Å². The van der Waals surface area contributed by atoms with E-state index >= 15 is 0 Å². The second-order valence-corrected chi connectivity index (χ2v) is 3.98. The summed E-state index contributed by atoms with van der Waals surface area (Å²) in [5.41, 5.74) is 2.70. The van der Waals surface area contributed by atoms with E-state index in [0.29, 0.717) is 25.2 Å². The standard InChI is InChI=1S/C10H15N3O3/c14-9-4-3-8(12-13-9)10(15)11-7-2-1-5-16-6-7/h7H,1-6H2,(H,11,15)(H,13,14). The number of amides is 2. The molecule has 2 heterocycles. The predicted octanol–water partition coefficient (Wildman–Crippen LogP) is -0.452. The fraction of sp³-hybridized carbons (Fsp3) is 0.700. The van der Waals surface area contributed by atoms with Gasteiger partial charge < -0.3 is 10.1 Å². The lowest BCUT2D eigenvalue weighted by atomic mass is 10.1. The lowest BCUT2D eigenvalue weighted by molar-refractivity contribution is -0.121. The van der Waals surface area contributed by atoms with Crippen molar-refractivity contribution in [3.8, 4) is 0 Å². The summed E-state index contributed by atoms with van der Waals surface area (Å²) >= 11 is 0. The first-order chi connectivity index (χ1) is 7.75. The molecule has 2 amide bonds. The molecule has 6 nitrogen and oxygen atoms in total. The number of hydrazone groups is 1. The van der Waals surface area contributed by atoms with Gasteiger partial charge in [-0.2, -0.15) is 5.10 Å². The zero-order valence-corrected chi connectivity index (χ0v) is 8.99. The van der Waals surface area contributed by atoms with E-state index in [-0.39, 0.29) is 17.9 Å². The maximum absolute atomic E-state index is 11.7. The summed E-state index contributed by atoms with van der Waals surface area (Å²) in [6, 6.07) is 0.0709. The molecule has 0 aromatic carbocycles. The van der Waals surface area contributed by atoms with Gasteiger partial charge in [-0.3, -0.25) is 9.59 Å². The van der Waals surface area contributed by atoms with E-state index < -0.39 is 0 Å². The molecule has 0 saturated carbocycles. The molecule has 0 aromatic heterocycles. The van der Waals surface area contributed by atoms with Crippen molar-refractivity contribution < 1.29 is 14.3 Å². The van der Waals surface area contributed by atoms with Gasteiger partial charge in [0.15, 0.2) is 0 Å². The van der Waals surface area contributed by atoms with Crippen molar-refractivity contribution in [1.82, 2.24) is 10.7 Å². The molecule has 2 aliphatic rings. The van der Waals surface area contributed by atoms with Crippen LogP contribution < -0.4 is 10.7 Å². The molecule has 2 aliphatic heterocycles. The summed E-state index contributed by atoms with van der Waals surface area (Å²) in [5.74, 6) is -0.340. The zero-order valence-electron chi connectivity index (χ0n) is 8.99. The maximum atomic E-state index is 11.7. The van der Waals surface area contributed by atoms with Crippen LogP contribution in [0.25, 0.3) is 0 Å². The molecule has 0 radical (unpaired) electrons. The number of hydrogen-bond acceptors (Lipinski definition) is 4. The summed E-state index contributed by atoms with van der Waals surface area (Å²) in [7, 11) is 0. The fourth-order valence-corrected chi connectivity index (χ4v) is 1.76. The van der Waals surface area contributed by atoms with Crippen LogP contribution in [0.3, 0.4) is 0 Å². The van der Waals surface area contributed by atoms with E-state index in [9.17, 15) is 9.59 Å². The van der Waals surface area contributed by atoms with E-state index in [1.54, 1.807) is 0 Å². The summed E-state index contributed by atoms with van der Waals surface area (Å²) in [6.07, 6.45) is 2.64. The Balaban J connectivity index is 1.85. The van der Waals surface area contributed by atoms with Crippen molar-refractivity contribution >= 4 is 17.5 Å². The van der Waals surface area contributed by atoms with Crippen LogP contribution in [-0.2, 0) is 14.3 Å². The summed E-state index contributed by atoms with van der Waals surface area (Å²) in [5, 5.41) is 6.60. The Hall–Kier alpha value is -1.43. The third kappa shape index (κ3) is 2.79. The second-order valence-electron chi connectivity index (χ2n) is 3.98. The summed E-state index contributed by atoms with van der Waals surface area (Å²) in [6.45, 7) is 1.33. The Labute approximate surface area is 93.4 Å². The van der Waals surface area contributed by atoms with Crippen LogP contribution in [0, 0.1) is 0 Å². The highest BCUT2D eigenvalue weighted by Gasteiger charge is 2.22. The smallest absolute Gasteiger partial charge is 0.267 e. The van der Waals surface area contributed by atoms with Crippen molar-refractivity contribution in [2.45, 2.75) is 31.7 Å². The zero-order chi connectivity index (χ0) is 11.4. The highest BCUT2D eigenvalue weighted by molar-refractivity contribution is 6.39. The van der Waals surface area contributed by atoms with E-state index in [4.69, 9.17) is 4.74 Å². The molecule has 16 heavy (non-hydrogen) atoms. The molecule has 1 unspecified atom stereocenters. The number of rotatable bonds is 2. The van der Waals surface area contributed by atoms with Crippen LogP contribution in [0.1, 0.15) is 25.7 Å². The average molecular weight is 225 g/mol. The maximum Gasteiger partial charge on any atom is 0.267 e. The number of carbonyl (C=O) groups excluding carboxylic acids is 2. The topological polar surface area (TPSA) is 79.8 Å². The van der Waals surface area contributed by atoms with Gasteiger partial charge in [0.05, 0.1) is 12.6 Å². The lowest BCUT2D eigenvalue weighted by Crippen LogP contribution is -2.45. The van der Waals surface area contributed by atoms with Gasteiger partial charge in [0.25, 0.3) is 5.91 Å².